The molecule has 2 fully saturated rings. The summed E-state index contributed by atoms with van der Waals surface area (Å²) in [5, 5.41) is 3.24. The number of amides is 1. The fraction of sp³-hybridized carbons (Fsp3) is 0.667. The summed E-state index contributed by atoms with van der Waals surface area (Å²) in [4.78, 5) is 17.3. The Kier molecular flexibility index (Phi) is 7.03. The quantitative estimate of drug-likeness (QED) is 0.846. The molecule has 1 N–H and O–H groups in total. The Labute approximate surface area is 156 Å². The Balaban J connectivity index is 1.37. The molecular formula is C21H32FN3O. The van der Waals surface area contributed by atoms with E-state index >= 15 is 0 Å². The third-order valence-electron chi connectivity index (χ3n) is 5.80. The lowest BCUT2D eigenvalue weighted by Crippen LogP contribution is -2.53. The van der Waals surface area contributed by atoms with Crippen molar-refractivity contribution in [1.82, 2.24) is 15.1 Å². The van der Waals surface area contributed by atoms with Gasteiger partial charge >= 0.3 is 0 Å². The number of aryl methyl sites for hydroxylation is 1. The van der Waals surface area contributed by atoms with Crippen LogP contribution in [0.2, 0.25) is 0 Å². The molecule has 144 valence electrons. The van der Waals surface area contributed by atoms with E-state index in [1.807, 2.05) is 0 Å². The van der Waals surface area contributed by atoms with Crippen molar-refractivity contribution >= 4 is 5.91 Å². The van der Waals surface area contributed by atoms with Gasteiger partial charge in [0.05, 0.1) is 0 Å². The number of hydrogen-bond acceptors (Lipinski definition) is 3. The predicted molar refractivity (Wildman–Crippen MR) is 103 cm³/mol. The molecule has 5 heteroatoms. The highest BCUT2D eigenvalue weighted by Crippen LogP contribution is 2.20. The van der Waals surface area contributed by atoms with E-state index in [9.17, 15) is 9.18 Å². The SMILES string of the molecule is CN1CCC(N2CCCC(NC(=O)CCCc3ccc(F)cc3)C2)CC1. The average Bonchev–Trinajstić information content (AvgIpc) is 2.64. The number of carbonyl (C=O) groups excluding carboxylic acids is 1. The van der Waals surface area contributed by atoms with Crippen LogP contribution in [0.5, 0.6) is 0 Å². The number of nitrogens with zero attached hydrogens (tertiary/aromatic N) is 2. The van der Waals surface area contributed by atoms with E-state index in [1.54, 1.807) is 12.1 Å². The molecule has 0 saturated carbocycles. The van der Waals surface area contributed by atoms with Gasteiger partial charge in [-0.25, -0.2) is 4.39 Å². The van der Waals surface area contributed by atoms with Crippen molar-refractivity contribution < 1.29 is 9.18 Å². The Morgan fingerprint density at radius 1 is 1.15 bits per heavy atom. The molecule has 26 heavy (non-hydrogen) atoms. The van der Waals surface area contributed by atoms with Crippen molar-refractivity contribution in [2.75, 3.05) is 33.2 Å². The molecule has 0 bridgehead atoms. The lowest BCUT2D eigenvalue weighted by atomic mass is 9.98. The van der Waals surface area contributed by atoms with Crippen molar-refractivity contribution in [3.8, 4) is 0 Å². The second kappa shape index (κ2) is 9.47. The summed E-state index contributed by atoms with van der Waals surface area (Å²) in [5.41, 5.74) is 1.09. The first-order valence-corrected chi connectivity index (χ1v) is 10.1. The smallest absolute Gasteiger partial charge is 0.220 e. The molecule has 1 unspecified atom stereocenters. The van der Waals surface area contributed by atoms with Gasteiger partial charge in [0.2, 0.25) is 5.91 Å². The summed E-state index contributed by atoms with van der Waals surface area (Å²) in [6.45, 7) is 4.53. The first-order chi connectivity index (χ1) is 12.6. The molecule has 1 aromatic carbocycles. The molecule has 1 amide bonds. The second-order valence-corrected chi connectivity index (χ2v) is 7.92. The number of halogens is 1. The summed E-state index contributed by atoms with van der Waals surface area (Å²) >= 11 is 0. The van der Waals surface area contributed by atoms with Gasteiger partial charge in [-0.05, 0) is 82.9 Å². The zero-order chi connectivity index (χ0) is 18.4. The summed E-state index contributed by atoms with van der Waals surface area (Å²) in [7, 11) is 2.20. The van der Waals surface area contributed by atoms with Crippen LogP contribution < -0.4 is 5.32 Å². The second-order valence-electron chi connectivity index (χ2n) is 7.92. The topological polar surface area (TPSA) is 35.6 Å². The molecule has 2 heterocycles. The number of nitrogens with one attached hydrogen (secondary N) is 1. The Bertz CT molecular complexity index is 569. The lowest BCUT2D eigenvalue weighted by molar-refractivity contribution is -0.122. The van der Waals surface area contributed by atoms with Crippen LogP contribution >= 0.6 is 0 Å². The van der Waals surface area contributed by atoms with Crippen LogP contribution in [0.15, 0.2) is 24.3 Å². The molecule has 2 saturated heterocycles. The third-order valence-corrected chi connectivity index (χ3v) is 5.80. The highest BCUT2D eigenvalue weighted by Gasteiger charge is 2.28. The molecule has 0 aliphatic carbocycles. The maximum Gasteiger partial charge on any atom is 0.220 e. The minimum absolute atomic E-state index is 0.155. The molecule has 0 radical (unpaired) electrons. The number of carbonyl (C=O) groups is 1. The lowest BCUT2D eigenvalue weighted by Gasteiger charge is -2.41. The van der Waals surface area contributed by atoms with Crippen molar-refractivity contribution in [3.63, 3.8) is 0 Å². The fourth-order valence-corrected chi connectivity index (χ4v) is 4.22. The van der Waals surface area contributed by atoms with Crippen LogP contribution in [0.25, 0.3) is 0 Å². The van der Waals surface area contributed by atoms with E-state index in [1.165, 1.54) is 51.0 Å². The normalized spacial score (nSPS) is 23.1. The number of likely N-dealkylation sites (tertiary alicyclic amines) is 2. The zero-order valence-electron chi connectivity index (χ0n) is 15.9. The van der Waals surface area contributed by atoms with Crippen molar-refractivity contribution in [3.05, 3.63) is 35.6 Å². The van der Waals surface area contributed by atoms with Crippen LogP contribution in [0.3, 0.4) is 0 Å². The van der Waals surface area contributed by atoms with Gasteiger partial charge in [-0.2, -0.15) is 0 Å². The highest BCUT2D eigenvalue weighted by molar-refractivity contribution is 5.76. The molecule has 0 aromatic heterocycles. The maximum atomic E-state index is 12.9. The van der Waals surface area contributed by atoms with E-state index in [0.29, 0.717) is 18.5 Å². The molecule has 1 atom stereocenters. The predicted octanol–water partition coefficient (Wildman–Crippen LogP) is 2.82. The highest BCUT2D eigenvalue weighted by atomic mass is 19.1. The first kappa shape index (κ1) is 19.3. The summed E-state index contributed by atoms with van der Waals surface area (Å²) in [5.74, 6) is -0.0553. The van der Waals surface area contributed by atoms with E-state index in [0.717, 1.165) is 31.4 Å². The van der Waals surface area contributed by atoms with Gasteiger partial charge in [0.25, 0.3) is 0 Å². The monoisotopic (exact) mass is 361 g/mol. The first-order valence-electron chi connectivity index (χ1n) is 10.1. The number of hydrogen-bond donors (Lipinski definition) is 1. The molecular weight excluding hydrogens is 329 g/mol. The van der Waals surface area contributed by atoms with Crippen molar-refractivity contribution in [2.45, 2.75) is 57.0 Å². The van der Waals surface area contributed by atoms with Gasteiger partial charge in [-0.15, -0.1) is 0 Å². The van der Waals surface area contributed by atoms with Gasteiger partial charge in [-0.3, -0.25) is 9.69 Å². The minimum atomic E-state index is -0.210. The summed E-state index contributed by atoms with van der Waals surface area (Å²) in [6.07, 6.45) is 6.93. The summed E-state index contributed by atoms with van der Waals surface area (Å²) < 4.78 is 12.9. The largest absolute Gasteiger partial charge is 0.352 e. The van der Waals surface area contributed by atoms with Crippen LogP contribution in [0.4, 0.5) is 4.39 Å². The standard InChI is InChI=1S/C21H32FN3O/c1-24-14-11-20(12-15-24)25-13-3-5-19(16-25)23-21(26)6-2-4-17-7-9-18(22)10-8-17/h7-10,19-20H,2-6,11-16H2,1H3,(H,23,26). The molecule has 4 nitrogen and oxygen atoms in total. The van der Waals surface area contributed by atoms with E-state index in [2.05, 4.69) is 22.2 Å². The number of rotatable bonds is 6. The number of piperidine rings is 2. The van der Waals surface area contributed by atoms with E-state index in [-0.39, 0.29) is 11.7 Å². The molecule has 1 aromatic rings. The summed E-state index contributed by atoms with van der Waals surface area (Å²) in [6, 6.07) is 7.54. The van der Waals surface area contributed by atoms with Crippen LogP contribution in [0.1, 0.15) is 44.1 Å². The van der Waals surface area contributed by atoms with E-state index in [4.69, 9.17) is 0 Å². The van der Waals surface area contributed by atoms with Crippen LogP contribution in [0, 0.1) is 5.82 Å². The van der Waals surface area contributed by atoms with Gasteiger partial charge in [0, 0.05) is 25.0 Å². The van der Waals surface area contributed by atoms with Gasteiger partial charge in [0.15, 0.2) is 0 Å². The van der Waals surface area contributed by atoms with Gasteiger partial charge < -0.3 is 10.2 Å². The van der Waals surface area contributed by atoms with Crippen molar-refractivity contribution in [2.24, 2.45) is 0 Å². The Hall–Kier alpha value is -1.46. The van der Waals surface area contributed by atoms with Gasteiger partial charge in [-0.1, -0.05) is 12.1 Å². The molecule has 2 aliphatic heterocycles. The molecule has 2 aliphatic rings. The zero-order valence-corrected chi connectivity index (χ0v) is 15.9. The minimum Gasteiger partial charge on any atom is -0.352 e. The van der Waals surface area contributed by atoms with Gasteiger partial charge in [0.1, 0.15) is 5.82 Å². The Morgan fingerprint density at radius 3 is 2.62 bits per heavy atom. The number of benzene rings is 1. The fourth-order valence-electron chi connectivity index (χ4n) is 4.22. The van der Waals surface area contributed by atoms with E-state index < -0.39 is 0 Å². The maximum absolute atomic E-state index is 12.9. The van der Waals surface area contributed by atoms with Crippen LogP contribution in [-0.2, 0) is 11.2 Å². The Morgan fingerprint density at radius 2 is 1.88 bits per heavy atom. The van der Waals surface area contributed by atoms with Crippen LogP contribution in [-0.4, -0.2) is 61.0 Å². The average molecular weight is 362 g/mol. The third kappa shape index (κ3) is 5.78. The molecule has 3 rings (SSSR count). The molecule has 0 spiro atoms. The van der Waals surface area contributed by atoms with Crippen molar-refractivity contribution in [1.29, 1.82) is 0 Å².